The first-order chi connectivity index (χ1) is 12.9. The van der Waals surface area contributed by atoms with Crippen molar-refractivity contribution in [3.8, 4) is 11.5 Å². The third-order valence-electron chi connectivity index (χ3n) is 3.72. The fourth-order valence-electron chi connectivity index (χ4n) is 2.36. The Kier molecular flexibility index (Phi) is 7.11. The van der Waals surface area contributed by atoms with Crippen LogP contribution in [-0.2, 0) is 16.1 Å². The van der Waals surface area contributed by atoms with E-state index in [2.05, 4.69) is 0 Å². The monoisotopic (exact) mass is 372 g/mol. The molecule has 0 N–H and O–H groups in total. The molecule has 0 fully saturated rings. The van der Waals surface area contributed by atoms with E-state index in [9.17, 15) is 14.0 Å². The standard InChI is InChI=1S/C21H21FO5/c1-4-26-19-9-7-16(14(2)23)12-17(19)13-27-21(24)10-6-15-5-8-20(25-3)18(22)11-15/h5-12H,4,13H2,1-3H3/b10-6+. The summed E-state index contributed by atoms with van der Waals surface area (Å²) >= 11 is 0. The van der Waals surface area contributed by atoms with Gasteiger partial charge >= 0.3 is 5.97 Å². The second-order valence-electron chi connectivity index (χ2n) is 5.65. The number of Topliss-reactive ketones (excluding diaryl/α,β-unsaturated/α-hetero) is 1. The van der Waals surface area contributed by atoms with Gasteiger partial charge in [0.1, 0.15) is 12.4 Å². The number of esters is 1. The normalized spacial score (nSPS) is 10.7. The second kappa shape index (κ2) is 9.52. The number of rotatable bonds is 8. The van der Waals surface area contributed by atoms with Crippen molar-refractivity contribution < 1.29 is 28.2 Å². The van der Waals surface area contributed by atoms with Gasteiger partial charge < -0.3 is 14.2 Å². The summed E-state index contributed by atoms with van der Waals surface area (Å²) in [6, 6.07) is 9.34. The lowest BCUT2D eigenvalue weighted by Crippen LogP contribution is -2.05. The van der Waals surface area contributed by atoms with Crippen molar-refractivity contribution >= 4 is 17.8 Å². The van der Waals surface area contributed by atoms with Gasteiger partial charge in [0, 0.05) is 17.2 Å². The Bertz CT molecular complexity index is 858. The molecule has 0 spiro atoms. The van der Waals surface area contributed by atoms with Crippen LogP contribution >= 0.6 is 0 Å². The van der Waals surface area contributed by atoms with Gasteiger partial charge in [-0.25, -0.2) is 9.18 Å². The molecule has 142 valence electrons. The lowest BCUT2D eigenvalue weighted by molar-refractivity contribution is -0.138. The average Bonchev–Trinajstić information content (AvgIpc) is 2.65. The van der Waals surface area contributed by atoms with E-state index in [0.29, 0.717) is 29.0 Å². The molecule has 6 heteroatoms. The van der Waals surface area contributed by atoms with Crippen LogP contribution in [0.15, 0.2) is 42.5 Å². The van der Waals surface area contributed by atoms with Gasteiger partial charge in [0.05, 0.1) is 13.7 Å². The third kappa shape index (κ3) is 5.67. The molecule has 0 heterocycles. The molecule has 0 aliphatic rings. The summed E-state index contributed by atoms with van der Waals surface area (Å²) < 4.78 is 29.2. The molecular formula is C21H21FO5. The highest BCUT2D eigenvalue weighted by Crippen LogP contribution is 2.22. The van der Waals surface area contributed by atoms with E-state index in [0.717, 1.165) is 0 Å². The molecule has 0 aliphatic carbocycles. The number of ketones is 1. The minimum Gasteiger partial charge on any atom is -0.494 e. The van der Waals surface area contributed by atoms with Crippen LogP contribution in [0.25, 0.3) is 6.08 Å². The molecule has 0 aliphatic heterocycles. The first-order valence-electron chi connectivity index (χ1n) is 8.39. The Balaban J connectivity index is 2.05. The number of ether oxygens (including phenoxy) is 3. The molecule has 0 saturated carbocycles. The number of benzene rings is 2. The zero-order valence-corrected chi connectivity index (χ0v) is 15.5. The minimum absolute atomic E-state index is 0.0450. The smallest absolute Gasteiger partial charge is 0.331 e. The van der Waals surface area contributed by atoms with Gasteiger partial charge in [0.15, 0.2) is 17.3 Å². The Morgan fingerprint density at radius 1 is 1.11 bits per heavy atom. The van der Waals surface area contributed by atoms with Gasteiger partial charge in [0.2, 0.25) is 0 Å². The molecule has 27 heavy (non-hydrogen) atoms. The van der Waals surface area contributed by atoms with E-state index < -0.39 is 11.8 Å². The van der Waals surface area contributed by atoms with E-state index >= 15 is 0 Å². The van der Waals surface area contributed by atoms with Crippen molar-refractivity contribution in [3.63, 3.8) is 0 Å². The molecule has 0 aromatic heterocycles. The van der Waals surface area contributed by atoms with Crippen molar-refractivity contribution in [2.75, 3.05) is 13.7 Å². The Labute approximate surface area is 157 Å². The Hall–Kier alpha value is -3.15. The zero-order chi connectivity index (χ0) is 19.8. The molecule has 2 rings (SSSR count). The lowest BCUT2D eigenvalue weighted by atomic mass is 10.1. The first kappa shape index (κ1) is 20.2. The fraction of sp³-hybridized carbons (Fsp3) is 0.238. The van der Waals surface area contributed by atoms with E-state index in [1.165, 1.54) is 38.3 Å². The van der Waals surface area contributed by atoms with E-state index in [-0.39, 0.29) is 18.1 Å². The molecule has 0 saturated heterocycles. The Morgan fingerprint density at radius 3 is 2.48 bits per heavy atom. The molecule has 2 aromatic rings. The summed E-state index contributed by atoms with van der Waals surface area (Å²) in [5, 5.41) is 0. The zero-order valence-electron chi connectivity index (χ0n) is 15.5. The number of halogens is 1. The minimum atomic E-state index is -0.595. The molecule has 5 nitrogen and oxygen atoms in total. The van der Waals surface area contributed by atoms with Crippen molar-refractivity contribution in [1.82, 2.24) is 0 Å². The predicted octanol–water partition coefficient (Wildman–Crippen LogP) is 4.19. The highest BCUT2D eigenvalue weighted by Gasteiger charge is 2.10. The number of carbonyl (C=O) groups is 2. The van der Waals surface area contributed by atoms with Gasteiger partial charge in [0.25, 0.3) is 0 Å². The van der Waals surface area contributed by atoms with Gasteiger partial charge in [-0.2, -0.15) is 0 Å². The maximum atomic E-state index is 13.6. The van der Waals surface area contributed by atoms with Gasteiger partial charge in [-0.1, -0.05) is 6.07 Å². The summed E-state index contributed by atoms with van der Waals surface area (Å²) in [6.45, 7) is 3.70. The van der Waals surface area contributed by atoms with Crippen molar-refractivity contribution in [3.05, 3.63) is 65.0 Å². The van der Waals surface area contributed by atoms with E-state index in [4.69, 9.17) is 14.2 Å². The predicted molar refractivity (Wildman–Crippen MR) is 99.4 cm³/mol. The van der Waals surface area contributed by atoms with Crippen LogP contribution in [0.3, 0.4) is 0 Å². The molecule has 0 atom stereocenters. The molecular weight excluding hydrogens is 351 g/mol. The third-order valence-corrected chi connectivity index (χ3v) is 3.72. The summed E-state index contributed by atoms with van der Waals surface area (Å²) in [7, 11) is 1.38. The molecule has 0 amide bonds. The largest absolute Gasteiger partial charge is 0.494 e. The maximum absolute atomic E-state index is 13.6. The van der Waals surface area contributed by atoms with Gasteiger partial charge in [-0.15, -0.1) is 0 Å². The number of methoxy groups -OCH3 is 1. The highest BCUT2D eigenvalue weighted by molar-refractivity contribution is 5.94. The van der Waals surface area contributed by atoms with Gasteiger partial charge in [-0.05, 0) is 55.8 Å². The molecule has 0 radical (unpaired) electrons. The van der Waals surface area contributed by atoms with Crippen LogP contribution in [0.1, 0.15) is 35.3 Å². The van der Waals surface area contributed by atoms with Crippen molar-refractivity contribution in [2.24, 2.45) is 0 Å². The average molecular weight is 372 g/mol. The first-order valence-corrected chi connectivity index (χ1v) is 8.39. The van der Waals surface area contributed by atoms with E-state index in [1.807, 2.05) is 6.92 Å². The summed E-state index contributed by atoms with van der Waals surface area (Å²) in [5.41, 5.74) is 1.61. The van der Waals surface area contributed by atoms with Crippen molar-refractivity contribution in [1.29, 1.82) is 0 Å². The summed E-state index contributed by atoms with van der Waals surface area (Å²) in [6.07, 6.45) is 2.65. The van der Waals surface area contributed by atoms with Crippen molar-refractivity contribution in [2.45, 2.75) is 20.5 Å². The maximum Gasteiger partial charge on any atom is 0.331 e. The van der Waals surface area contributed by atoms with Crippen LogP contribution < -0.4 is 9.47 Å². The number of hydrogen-bond acceptors (Lipinski definition) is 5. The SMILES string of the molecule is CCOc1ccc(C(C)=O)cc1COC(=O)/C=C/c1ccc(OC)c(F)c1. The fourth-order valence-corrected chi connectivity index (χ4v) is 2.36. The van der Waals surface area contributed by atoms with Gasteiger partial charge in [-0.3, -0.25) is 4.79 Å². The summed E-state index contributed by atoms with van der Waals surface area (Å²) in [5.74, 6) is -0.524. The van der Waals surface area contributed by atoms with Crippen LogP contribution in [0.5, 0.6) is 11.5 Å². The topological polar surface area (TPSA) is 61.8 Å². The quantitative estimate of drug-likeness (QED) is 0.395. The summed E-state index contributed by atoms with van der Waals surface area (Å²) in [4.78, 5) is 23.5. The lowest BCUT2D eigenvalue weighted by Gasteiger charge is -2.11. The van der Waals surface area contributed by atoms with Crippen LogP contribution in [-0.4, -0.2) is 25.5 Å². The van der Waals surface area contributed by atoms with Crippen LogP contribution in [0, 0.1) is 5.82 Å². The van der Waals surface area contributed by atoms with Crippen LogP contribution in [0.2, 0.25) is 0 Å². The Morgan fingerprint density at radius 2 is 1.85 bits per heavy atom. The molecule has 0 bridgehead atoms. The second-order valence-corrected chi connectivity index (χ2v) is 5.65. The molecule has 0 unspecified atom stereocenters. The number of hydrogen-bond donors (Lipinski definition) is 0. The van der Waals surface area contributed by atoms with E-state index in [1.54, 1.807) is 24.3 Å². The highest BCUT2D eigenvalue weighted by atomic mass is 19.1. The van der Waals surface area contributed by atoms with Crippen LogP contribution in [0.4, 0.5) is 4.39 Å². The number of carbonyl (C=O) groups excluding carboxylic acids is 2. The molecule has 2 aromatic carbocycles.